The van der Waals surface area contributed by atoms with Gasteiger partial charge in [-0.15, -0.1) is 11.3 Å². The van der Waals surface area contributed by atoms with Crippen molar-refractivity contribution in [3.63, 3.8) is 0 Å². The van der Waals surface area contributed by atoms with Crippen LogP contribution < -0.4 is 5.32 Å². The molecule has 0 radical (unpaired) electrons. The summed E-state index contributed by atoms with van der Waals surface area (Å²) in [5, 5.41) is 6.28. The first kappa shape index (κ1) is 15.2. The summed E-state index contributed by atoms with van der Waals surface area (Å²) >= 11 is 7.24. The van der Waals surface area contributed by atoms with E-state index in [1.807, 2.05) is 10.3 Å². The highest BCUT2D eigenvalue weighted by molar-refractivity contribution is 7.13. The van der Waals surface area contributed by atoms with Crippen LogP contribution in [0.5, 0.6) is 0 Å². The fourth-order valence-corrected chi connectivity index (χ4v) is 2.91. The van der Waals surface area contributed by atoms with Gasteiger partial charge >= 0.3 is 0 Å². The topological polar surface area (TPSA) is 67.4 Å². The van der Waals surface area contributed by atoms with E-state index >= 15 is 0 Å². The minimum atomic E-state index is 0.0877. The fraction of sp³-hybridized carbons (Fsp3) is 0.357. The molecule has 3 heterocycles. The lowest BCUT2D eigenvalue weighted by atomic mass is 10.3. The molecule has 8 heteroatoms. The first-order chi connectivity index (χ1) is 10.7. The van der Waals surface area contributed by atoms with Gasteiger partial charge in [-0.05, 0) is 12.1 Å². The standard InChI is InChI=1S/C14H15ClN4O2S/c15-10-1-2-12(16-8-10)18-14-17-11(9-22-14)7-13(20)19-3-5-21-6-4-19/h1-2,8-9H,3-7H2,(H,16,17,18). The number of hydrogen-bond acceptors (Lipinski definition) is 6. The fourth-order valence-electron chi connectivity index (χ4n) is 2.08. The van der Waals surface area contributed by atoms with Crippen molar-refractivity contribution >= 4 is 39.8 Å². The Morgan fingerprint density at radius 1 is 1.41 bits per heavy atom. The molecule has 0 aliphatic carbocycles. The van der Waals surface area contributed by atoms with Gasteiger partial charge in [-0.3, -0.25) is 4.79 Å². The molecule has 0 aromatic carbocycles. The van der Waals surface area contributed by atoms with Gasteiger partial charge in [0.05, 0.1) is 30.4 Å². The number of ether oxygens (including phenoxy) is 1. The van der Waals surface area contributed by atoms with Crippen LogP contribution in [0.1, 0.15) is 5.69 Å². The maximum Gasteiger partial charge on any atom is 0.228 e. The average Bonchev–Trinajstić information content (AvgIpc) is 2.97. The third-order valence-corrected chi connectivity index (χ3v) is 4.24. The number of carbonyl (C=O) groups excluding carboxylic acids is 1. The highest BCUT2D eigenvalue weighted by Crippen LogP contribution is 2.21. The SMILES string of the molecule is O=C(Cc1csc(Nc2ccc(Cl)cn2)n1)N1CCOCC1. The number of thiazole rings is 1. The van der Waals surface area contributed by atoms with Crippen molar-refractivity contribution in [1.82, 2.24) is 14.9 Å². The molecule has 116 valence electrons. The Hall–Kier alpha value is -1.70. The third kappa shape index (κ3) is 3.94. The molecular weight excluding hydrogens is 324 g/mol. The second kappa shape index (κ2) is 7.04. The van der Waals surface area contributed by atoms with Crippen LogP contribution in [-0.4, -0.2) is 47.1 Å². The molecule has 2 aromatic heterocycles. The van der Waals surface area contributed by atoms with Crippen LogP contribution in [0.15, 0.2) is 23.7 Å². The number of amides is 1. The summed E-state index contributed by atoms with van der Waals surface area (Å²) in [6.45, 7) is 2.53. The van der Waals surface area contributed by atoms with E-state index in [0.29, 0.717) is 48.7 Å². The van der Waals surface area contributed by atoms with E-state index in [1.54, 1.807) is 18.3 Å². The summed E-state index contributed by atoms with van der Waals surface area (Å²) < 4.78 is 5.25. The van der Waals surface area contributed by atoms with E-state index in [9.17, 15) is 4.79 Å². The number of hydrogen-bond donors (Lipinski definition) is 1. The highest BCUT2D eigenvalue weighted by atomic mass is 35.5. The Bertz CT molecular complexity index is 641. The number of nitrogens with one attached hydrogen (secondary N) is 1. The number of carbonyl (C=O) groups is 1. The largest absolute Gasteiger partial charge is 0.378 e. The highest BCUT2D eigenvalue weighted by Gasteiger charge is 2.18. The van der Waals surface area contributed by atoms with Gasteiger partial charge in [-0.2, -0.15) is 0 Å². The van der Waals surface area contributed by atoms with Gasteiger partial charge < -0.3 is 15.0 Å². The number of rotatable bonds is 4. The van der Waals surface area contributed by atoms with Crippen molar-refractivity contribution in [2.45, 2.75) is 6.42 Å². The Morgan fingerprint density at radius 3 is 2.95 bits per heavy atom. The van der Waals surface area contributed by atoms with E-state index in [4.69, 9.17) is 16.3 Å². The van der Waals surface area contributed by atoms with Gasteiger partial charge in [0.25, 0.3) is 0 Å². The van der Waals surface area contributed by atoms with E-state index in [1.165, 1.54) is 11.3 Å². The molecule has 1 N–H and O–H groups in total. The summed E-state index contributed by atoms with van der Waals surface area (Å²) in [4.78, 5) is 22.5. The normalized spacial score (nSPS) is 14.9. The van der Waals surface area contributed by atoms with Gasteiger partial charge in [-0.1, -0.05) is 11.6 Å². The summed E-state index contributed by atoms with van der Waals surface area (Å²) in [7, 11) is 0. The molecule has 6 nitrogen and oxygen atoms in total. The van der Waals surface area contributed by atoms with Gasteiger partial charge in [0.2, 0.25) is 5.91 Å². The molecular formula is C14H15ClN4O2S. The molecule has 3 rings (SSSR count). The lowest BCUT2D eigenvalue weighted by Gasteiger charge is -2.26. The second-order valence-electron chi connectivity index (χ2n) is 4.80. The van der Waals surface area contributed by atoms with Crippen molar-refractivity contribution in [3.05, 3.63) is 34.4 Å². The Kier molecular flexibility index (Phi) is 4.87. The van der Waals surface area contributed by atoms with E-state index in [-0.39, 0.29) is 5.91 Å². The minimum Gasteiger partial charge on any atom is -0.378 e. The Morgan fingerprint density at radius 2 is 2.23 bits per heavy atom. The van der Waals surface area contributed by atoms with Crippen molar-refractivity contribution < 1.29 is 9.53 Å². The molecule has 22 heavy (non-hydrogen) atoms. The molecule has 1 aliphatic heterocycles. The zero-order valence-electron chi connectivity index (χ0n) is 11.8. The van der Waals surface area contributed by atoms with E-state index in [2.05, 4.69) is 15.3 Å². The molecule has 0 bridgehead atoms. The molecule has 1 fully saturated rings. The Balaban J connectivity index is 1.58. The number of morpholine rings is 1. The summed E-state index contributed by atoms with van der Waals surface area (Å²) in [6, 6.07) is 3.54. The number of anilines is 2. The minimum absolute atomic E-state index is 0.0877. The molecule has 0 spiro atoms. The van der Waals surface area contributed by atoms with E-state index in [0.717, 1.165) is 5.69 Å². The first-order valence-electron chi connectivity index (χ1n) is 6.89. The predicted molar refractivity (Wildman–Crippen MR) is 85.7 cm³/mol. The smallest absolute Gasteiger partial charge is 0.228 e. The van der Waals surface area contributed by atoms with Crippen LogP contribution >= 0.6 is 22.9 Å². The monoisotopic (exact) mass is 338 g/mol. The van der Waals surface area contributed by atoms with Crippen LogP contribution in [0.2, 0.25) is 5.02 Å². The molecule has 2 aromatic rings. The van der Waals surface area contributed by atoms with Crippen LogP contribution in [0.25, 0.3) is 0 Å². The number of nitrogens with zero attached hydrogens (tertiary/aromatic N) is 3. The summed E-state index contributed by atoms with van der Waals surface area (Å²) in [6.07, 6.45) is 1.88. The zero-order chi connectivity index (χ0) is 15.4. The second-order valence-corrected chi connectivity index (χ2v) is 6.10. The molecule has 1 aliphatic rings. The third-order valence-electron chi connectivity index (χ3n) is 3.21. The first-order valence-corrected chi connectivity index (χ1v) is 8.15. The van der Waals surface area contributed by atoms with E-state index < -0.39 is 0 Å². The van der Waals surface area contributed by atoms with Crippen molar-refractivity contribution in [3.8, 4) is 0 Å². The molecule has 0 unspecified atom stereocenters. The average molecular weight is 339 g/mol. The summed E-state index contributed by atoms with van der Waals surface area (Å²) in [5.74, 6) is 0.759. The number of pyridine rings is 1. The van der Waals surface area contributed by atoms with Crippen LogP contribution in [0.4, 0.5) is 10.9 Å². The van der Waals surface area contributed by atoms with Gasteiger partial charge in [0.15, 0.2) is 5.13 Å². The lowest BCUT2D eigenvalue weighted by molar-refractivity contribution is -0.134. The number of aromatic nitrogens is 2. The molecule has 1 amide bonds. The molecule has 0 atom stereocenters. The van der Waals surface area contributed by atoms with Crippen LogP contribution in [0, 0.1) is 0 Å². The molecule has 1 saturated heterocycles. The lowest BCUT2D eigenvalue weighted by Crippen LogP contribution is -2.41. The Labute approximate surface area is 137 Å². The summed E-state index contributed by atoms with van der Waals surface area (Å²) in [5.41, 5.74) is 0.762. The van der Waals surface area contributed by atoms with Crippen LogP contribution in [0.3, 0.4) is 0 Å². The van der Waals surface area contributed by atoms with Crippen molar-refractivity contribution in [2.24, 2.45) is 0 Å². The quantitative estimate of drug-likeness (QED) is 0.926. The zero-order valence-corrected chi connectivity index (χ0v) is 13.4. The van der Waals surface area contributed by atoms with Gasteiger partial charge in [-0.25, -0.2) is 9.97 Å². The maximum absolute atomic E-state index is 12.2. The van der Waals surface area contributed by atoms with Crippen molar-refractivity contribution in [2.75, 3.05) is 31.6 Å². The molecule has 0 saturated carbocycles. The van der Waals surface area contributed by atoms with Gasteiger partial charge in [0.1, 0.15) is 5.82 Å². The van der Waals surface area contributed by atoms with Crippen LogP contribution in [-0.2, 0) is 16.0 Å². The predicted octanol–water partition coefficient (Wildman–Crippen LogP) is 2.34. The van der Waals surface area contributed by atoms with Gasteiger partial charge in [0, 0.05) is 24.7 Å². The number of halogens is 1. The van der Waals surface area contributed by atoms with Crippen molar-refractivity contribution in [1.29, 1.82) is 0 Å². The maximum atomic E-state index is 12.2.